The van der Waals surface area contributed by atoms with E-state index in [0.29, 0.717) is 17.8 Å². The molecule has 0 fully saturated rings. The summed E-state index contributed by atoms with van der Waals surface area (Å²) in [5, 5.41) is 12.8. The summed E-state index contributed by atoms with van der Waals surface area (Å²) in [6, 6.07) is 25.0. The Morgan fingerprint density at radius 1 is 0.914 bits per heavy atom. The summed E-state index contributed by atoms with van der Waals surface area (Å²) in [7, 11) is 0. The van der Waals surface area contributed by atoms with E-state index in [1.807, 2.05) is 49.0 Å². The number of carbonyl (C=O) groups is 2. The van der Waals surface area contributed by atoms with Crippen LogP contribution in [-0.2, 0) is 13.1 Å². The van der Waals surface area contributed by atoms with Gasteiger partial charge < -0.3 is 16.0 Å². The van der Waals surface area contributed by atoms with Gasteiger partial charge in [0.2, 0.25) is 0 Å². The molecule has 3 amide bonds. The van der Waals surface area contributed by atoms with Crippen LogP contribution in [0.3, 0.4) is 0 Å². The lowest BCUT2D eigenvalue weighted by molar-refractivity contribution is 0.0951. The van der Waals surface area contributed by atoms with Crippen LogP contribution in [0.2, 0.25) is 0 Å². The third kappa shape index (κ3) is 6.57. The van der Waals surface area contributed by atoms with Crippen LogP contribution in [0.25, 0.3) is 11.1 Å². The Labute approximate surface area is 205 Å². The standard InChI is InChI=1S/C28H29N5O2/c1-20(2)31-28(35)32-25-14-12-23(13-15-25)27(34)29-18-24-6-3-4-7-26(24)22-10-8-21(9-11-22)19-33-17-5-16-30-33/h3-17,20H,18-19H2,1-2H3,(H,29,34)(H2,31,32,35). The highest BCUT2D eigenvalue weighted by molar-refractivity contribution is 5.95. The lowest BCUT2D eigenvalue weighted by atomic mass is 9.98. The largest absolute Gasteiger partial charge is 0.348 e. The van der Waals surface area contributed by atoms with E-state index in [1.54, 1.807) is 30.5 Å². The number of urea groups is 1. The fourth-order valence-electron chi connectivity index (χ4n) is 3.74. The molecular formula is C28H29N5O2. The number of hydrogen-bond acceptors (Lipinski definition) is 3. The van der Waals surface area contributed by atoms with Gasteiger partial charge >= 0.3 is 6.03 Å². The molecule has 0 aliphatic heterocycles. The molecule has 0 aliphatic carbocycles. The van der Waals surface area contributed by atoms with Crippen LogP contribution >= 0.6 is 0 Å². The average Bonchev–Trinajstić information content (AvgIpc) is 3.36. The fraction of sp³-hybridized carbons (Fsp3) is 0.179. The third-order valence-electron chi connectivity index (χ3n) is 5.45. The van der Waals surface area contributed by atoms with Crippen molar-refractivity contribution < 1.29 is 9.59 Å². The van der Waals surface area contributed by atoms with Crippen molar-refractivity contribution in [1.82, 2.24) is 20.4 Å². The fourth-order valence-corrected chi connectivity index (χ4v) is 3.74. The second kappa shape index (κ2) is 11.2. The van der Waals surface area contributed by atoms with Crippen LogP contribution < -0.4 is 16.0 Å². The van der Waals surface area contributed by atoms with Gasteiger partial charge in [0, 0.05) is 36.2 Å². The molecule has 3 N–H and O–H groups in total. The molecule has 0 bridgehead atoms. The van der Waals surface area contributed by atoms with Gasteiger partial charge in [-0.25, -0.2) is 4.79 Å². The summed E-state index contributed by atoms with van der Waals surface area (Å²) in [6.45, 7) is 4.91. The smallest absolute Gasteiger partial charge is 0.319 e. The molecule has 4 rings (SSSR count). The monoisotopic (exact) mass is 467 g/mol. The Morgan fingerprint density at radius 2 is 1.66 bits per heavy atom. The van der Waals surface area contributed by atoms with E-state index in [0.717, 1.165) is 23.2 Å². The molecule has 4 aromatic rings. The Kier molecular flexibility index (Phi) is 7.57. The van der Waals surface area contributed by atoms with Crippen LogP contribution in [0.4, 0.5) is 10.5 Å². The van der Waals surface area contributed by atoms with Gasteiger partial charge in [0.15, 0.2) is 0 Å². The van der Waals surface area contributed by atoms with E-state index in [2.05, 4.69) is 51.4 Å². The summed E-state index contributed by atoms with van der Waals surface area (Å²) in [4.78, 5) is 24.6. The van der Waals surface area contributed by atoms with E-state index in [1.165, 1.54) is 5.56 Å². The summed E-state index contributed by atoms with van der Waals surface area (Å²) in [5.74, 6) is -0.174. The zero-order chi connectivity index (χ0) is 24.6. The molecule has 3 aromatic carbocycles. The average molecular weight is 468 g/mol. The minimum Gasteiger partial charge on any atom is -0.348 e. The number of amides is 3. The maximum atomic E-state index is 12.7. The van der Waals surface area contributed by atoms with E-state index >= 15 is 0 Å². The molecule has 35 heavy (non-hydrogen) atoms. The first-order valence-corrected chi connectivity index (χ1v) is 11.6. The van der Waals surface area contributed by atoms with Gasteiger partial charge in [-0.05, 0) is 66.4 Å². The SMILES string of the molecule is CC(C)NC(=O)Nc1ccc(C(=O)NCc2ccccc2-c2ccc(Cn3cccn3)cc2)cc1. The summed E-state index contributed by atoms with van der Waals surface area (Å²) in [5.41, 5.74) is 5.52. The predicted molar refractivity (Wildman–Crippen MR) is 138 cm³/mol. The van der Waals surface area contributed by atoms with E-state index in [-0.39, 0.29) is 18.0 Å². The van der Waals surface area contributed by atoms with E-state index < -0.39 is 0 Å². The van der Waals surface area contributed by atoms with Gasteiger partial charge in [0.1, 0.15) is 0 Å². The summed E-state index contributed by atoms with van der Waals surface area (Å²) >= 11 is 0. The molecule has 1 aromatic heterocycles. The van der Waals surface area contributed by atoms with Crippen molar-refractivity contribution >= 4 is 17.6 Å². The quantitative estimate of drug-likeness (QED) is 0.339. The zero-order valence-corrected chi connectivity index (χ0v) is 19.9. The van der Waals surface area contributed by atoms with Gasteiger partial charge in [-0.1, -0.05) is 48.5 Å². The molecule has 0 saturated carbocycles. The number of hydrogen-bond donors (Lipinski definition) is 3. The maximum absolute atomic E-state index is 12.7. The Hall–Kier alpha value is -4.39. The van der Waals surface area contributed by atoms with Crippen molar-refractivity contribution in [3.63, 3.8) is 0 Å². The van der Waals surface area contributed by atoms with Crippen molar-refractivity contribution in [2.75, 3.05) is 5.32 Å². The van der Waals surface area contributed by atoms with Crippen molar-refractivity contribution in [2.45, 2.75) is 33.0 Å². The molecular weight excluding hydrogens is 438 g/mol. The first-order valence-electron chi connectivity index (χ1n) is 11.6. The molecule has 178 valence electrons. The number of nitrogens with one attached hydrogen (secondary N) is 3. The lowest BCUT2D eigenvalue weighted by Crippen LogP contribution is -2.34. The molecule has 0 spiro atoms. The molecule has 0 saturated heterocycles. The topological polar surface area (TPSA) is 88.0 Å². The number of rotatable bonds is 8. The van der Waals surface area contributed by atoms with Crippen molar-refractivity contribution in [1.29, 1.82) is 0 Å². The maximum Gasteiger partial charge on any atom is 0.319 e. The number of nitrogens with zero attached hydrogens (tertiary/aromatic N) is 2. The Bertz CT molecular complexity index is 1260. The van der Waals surface area contributed by atoms with Crippen LogP contribution in [-0.4, -0.2) is 27.8 Å². The number of carbonyl (C=O) groups excluding carboxylic acids is 2. The van der Waals surface area contributed by atoms with Crippen molar-refractivity contribution in [3.05, 3.63) is 108 Å². The molecule has 0 unspecified atom stereocenters. The second-order valence-electron chi connectivity index (χ2n) is 8.57. The molecule has 1 heterocycles. The van der Waals surface area contributed by atoms with Gasteiger partial charge in [-0.2, -0.15) is 5.10 Å². The van der Waals surface area contributed by atoms with E-state index in [9.17, 15) is 9.59 Å². The van der Waals surface area contributed by atoms with Crippen molar-refractivity contribution in [2.24, 2.45) is 0 Å². The zero-order valence-electron chi connectivity index (χ0n) is 19.9. The van der Waals surface area contributed by atoms with Crippen molar-refractivity contribution in [3.8, 4) is 11.1 Å². The minimum absolute atomic E-state index is 0.0444. The Morgan fingerprint density at radius 3 is 2.34 bits per heavy atom. The molecule has 0 atom stereocenters. The second-order valence-corrected chi connectivity index (χ2v) is 8.57. The van der Waals surface area contributed by atoms with Gasteiger partial charge in [-0.3, -0.25) is 9.48 Å². The van der Waals surface area contributed by atoms with Gasteiger partial charge in [0.25, 0.3) is 5.91 Å². The third-order valence-corrected chi connectivity index (χ3v) is 5.45. The van der Waals surface area contributed by atoms with Gasteiger partial charge in [-0.15, -0.1) is 0 Å². The van der Waals surface area contributed by atoms with Gasteiger partial charge in [0.05, 0.1) is 6.54 Å². The van der Waals surface area contributed by atoms with Crippen LogP contribution in [0.1, 0.15) is 35.3 Å². The molecule has 0 radical (unpaired) electrons. The predicted octanol–water partition coefficient (Wildman–Crippen LogP) is 5.06. The van der Waals surface area contributed by atoms with Crippen LogP contribution in [0.5, 0.6) is 0 Å². The lowest BCUT2D eigenvalue weighted by Gasteiger charge is -2.13. The summed E-state index contributed by atoms with van der Waals surface area (Å²) in [6.07, 6.45) is 3.72. The molecule has 0 aliphatic rings. The highest BCUT2D eigenvalue weighted by Gasteiger charge is 2.10. The highest BCUT2D eigenvalue weighted by Crippen LogP contribution is 2.24. The first-order chi connectivity index (χ1) is 17.0. The normalized spacial score (nSPS) is 10.7. The number of benzene rings is 3. The minimum atomic E-state index is -0.275. The number of anilines is 1. The first kappa shape index (κ1) is 23.8. The van der Waals surface area contributed by atoms with E-state index in [4.69, 9.17) is 0 Å². The number of aromatic nitrogens is 2. The molecule has 7 nitrogen and oxygen atoms in total. The van der Waals surface area contributed by atoms with Crippen LogP contribution in [0.15, 0.2) is 91.3 Å². The summed E-state index contributed by atoms with van der Waals surface area (Å²) < 4.78 is 1.89. The highest BCUT2D eigenvalue weighted by atomic mass is 16.2. The molecule has 7 heteroatoms. The Balaban J connectivity index is 1.38. The van der Waals surface area contributed by atoms with Crippen LogP contribution in [0, 0.1) is 0 Å².